The van der Waals surface area contributed by atoms with Crippen LogP contribution in [0.4, 0.5) is 0 Å². The van der Waals surface area contributed by atoms with Crippen LogP contribution in [0.5, 0.6) is 11.5 Å². The first-order valence-electron chi connectivity index (χ1n) is 6.36. The molecule has 1 heteroatoms. The molecule has 0 bridgehead atoms. The minimum Gasteiger partial charge on any atom is -0.457 e. The molecule has 0 saturated carbocycles. The predicted octanol–water partition coefficient (Wildman–Crippen LogP) is 5.55. The number of hydrogen-bond donors (Lipinski definition) is 0. The van der Waals surface area contributed by atoms with Crippen LogP contribution in [-0.4, -0.2) is 0 Å². The summed E-state index contributed by atoms with van der Waals surface area (Å²) in [6, 6.07) is 16.0. The van der Waals surface area contributed by atoms with Gasteiger partial charge in [0.2, 0.25) is 0 Å². The Labute approximate surface area is 114 Å². The van der Waals surface area contributed by atoms with Crippen molar-refractivity contribution in [2.45, 2.75) is 13.8 Å². The molecule has 96 valence electrons. The molecule has 1 nitrogen and oxygen atoms in total. The molecule has 2 aromatic carbocycles. The highest BCUT2D eigenvalue weighted by atomic mass is 16.5. The summed E-state index contributed by atoms with van der Waals surface area (Å²) in [5.41, 5.74) is 3.27. The molecule has 0 unspecified atom stereocenters. The Kier molecular flexibility index (Phi) is 4.19. The van der Waals surface area contributed by atoms with Crippen molar-refractivity contribution >= 4 is 11.6 Å². The Morgan fingerprint density at radius 3 is 2.37 bits per heavy atom. The van der Waals surface area contributed by atoms with E-state index in [0.29, 0.717) is 0 Å². The Morgan fingerprint density at radius 2 is 1.74 bits per heavy atom. The van der Waals surface area contributed by atoms with Gasteiger partial charge in [-0.1, -0.05) is 54.6 Å². The van der Waals surface area contributed by atoms with Gasteiger partial charge in [-0.25, -0.2) is 0 Å². The summed E-state index contributed by atoms with van der Waals surface area (Å²) in [5.74, 6) is 1.70. The highest BCUT2D eigenvalue weighted by Crippen LogP contribution is 2.27. The maximum absolute atomic E-state index is 5.92. The normalized spacial score (nSPS) is 10.6. The lowest BCUT2D eigenvalue weighted by molar-refractivity contribution is 0.481. The van der Waals surface area contributed by atoms with Gasteiger partial charge in [0.15, 0.2) is 0 Å². The average molecular weight is 250 g/mol. The van der Waals surface area contributed by atoms with Gasteiger partial charge in [-0.3, -0.25) is 0 Å². The van der Waals surface area contributed by atoms with E-state index in [0.717, 1.165) is 28.2 Å². The summed E-state index contributed by atoms with van der Waals surface area (Å²) >= 11 is 0. The van der Waals surface area contributed by atoms with Gasteiger partial charge in [-0.05, 0) is 37.6 Å². The average Bonchev–Trinajstić information content (AvgIpc) is 2.42. The van der Waals surface area contributed by atoms with Crippen molar-refractivity contribution in [3.8, 4) is 11.5 Å². The Balaban J connectivity index is 2.23. The third-order valence-electron chi connectivity index (χ3n) is 2.84. The quantitative estimate of drug-likeness (QED) is 0.691. The van der Waals surface area contributed by atoms with Gasteiger partial charge in [0, 0.05) is 5.56 Å². The number of rotatable bonds is 4. The Hall–Kier alpha value is -2.28. The minimum absolute atomic E-state index is 0.835. The highest BCUT2D eigenvalue weighted by Gasteiger charge is 2.02. The molecule has 0 amide bonds. The minimum atomic E-state index is 0.835. The fourth-order valence-corrected chi connectivity index (χ4v) is 1.83. The van der Waals surface area contributed by atoms with Crippen molar-refractivity contribution in [2.24, 2.45) is 0 Å². The molecule has 0 aliphatic heterocycles. The summed E-state index contributed by atoms with van der Waals surface area (Å²) in [5, 5.41) is 0. The van der Waals surface area contributed by atoms with Crippen molar-refractivity contribution in [3.05, 3.63) is 72.3 Å². The van der Waals surface area contributed by atoms with Crippen molar-refractivity contribution in [3.63, 3.8) is 0 Å². The third-order valence-corrected chi connectivity index (χ3v) is 2.84. The number of benzene rings is 2. The van der Waals surface area contributed by atoms with Crippen LogP contribution in [0.2, 0.25) is 0 Å². The zero-order chi connectivity index (χ0) is 13.7. The van der Waals surface area contributed by atoms with E-state index in [1.807, 2.05) is 74.5 Å². The molecule has 0 saturated heterocycles. The van der Waals surface area contributed by atoms with Crippen molar-refractivity contribution in [1.82, 2.24) is 0 Å². The van der Waals surface area contributed by atoms with Gasteiger partial charge in [0.1, 0.15) is 11.5 Å². The van der Waals surface area contributed by atoms with Gasteiger partial charge in [0.05, 0.1) is 0 Å². The summed E-state index contributed by atoms with van der Waals surface area (Å²) in [7, 11) is 0. The molecule has 0 aliphatic rings. The Bertz CT molecular complexity index is 591. The smallest absolute Gasteiger partial charge is 0.134 e. The summed E-state index contributed by atoms with van der Waals surface area (Å²) < 4.78 is 5.92. The number of ether oxygens (including phenoxy) is 1. The highest BCUT2D eigenvalue weighted by molar-refractivity contribution is 5.62. The van der Waals surface area contributed by atoms with Crippen LogP contribution < -0.4 is 4.74 Å². The van der Waals surface area contributed by atoms with Crippen LogP contribution in [-0.2, 0) is 0 Å². The van der Waals surface area contributed by atoms with E-state index >= 15 is 0 Å². The summed E-state index contributed by atoms with van der Waals surface area (Å²) in [4.78, 5) is 0. The first-order chi connectivity index (χ1) is 9.20. The van der Waals surface area contributed by atoms with Crippen LogP contribution in [0.1, 0.15) is 25.0 Å². The van der Waals surface area contributed by atoms with Crippen molar-refractivity contribution in [2.75, 3.05) is 0 Å². The Morgan fingerprint density at radius 1 is 1.05 bits per heavy atom. The molecular formula is C18H18O. The van der Waals surface area contributed by atoms with Crippen molar-refractivity contribution < 1.29 is 4.74 Å². The molecule has 0 aliphatic carbocycles. The zero-order valence-electron chi connectivity index (χ0n) is 11.4. The van der Waals surface area contributed by atoms with Crippen molar-refractivity contribution in [1.29, 1.82) is 0 Å². The van der Waals surface area contributed by atoms with E-state index in [4.69, 9.17) is 4.74 Å². The molecule has 2 aromatic rings. The summed E-state index contributed by atoms with van der Waals surface area (Å²) in [6.07, 6.45) is 4.05. The SMILES string of the molecule is C=C(C)c1ccc(Oc2ccccc2/C=C/C)cc1. The lowest BCUT2D eigenvalue weighted by Gasteiger charge is -2.09. The summed E-state index contributed by atoms with van der Waals surface area (Å²) in [6.45, 7) is 7.92. The van der Waals surface area contributed by atoms with Crippen LogP contribution in [0.15, 0.2) is 61.2 Å². The standard InChI is InChI=1S/C18H18O/c1-4-7-16-8-5-6-9-18(16)19-17-12-10-15(11-13-17)14(2)3/h4-13H,2H2,1,3H3/b7-4+. The van der Waals surface area contributed by atoms with Crippen LogP contribution in [0, 0.1) is 0 Å². The monoisotopic (exact) mass is 250 g/mol. The first kappa shape index (κ1) is 13.2. The van der Waals surface area contributed by atoms with E-state index in [-0.39, 0.29) is 0 Å². The molecule has 0 atom stereocenters. The molecule has 2 rings (SSSR count). The van der Waals surface area contributed by atoms with Gasteiger partial charge in [-0.2, -0.15) is 0 Å². The second kappa shape index (κ2) is 6.05. The molecule has 0 fully saturated rings. The molecular weight excluding hydrogens is 232 g/mol. The second-order valence-electron chi connectivity index (χ2n) is 4.44. The maximum Gasteiger partial charge on any atom is 0.134 e. The predicted molar refractivity (Wildman–Crippen MR) is 82.4 cm³/mol. The lowest BCUT2D eigenvalue weighted by Crippen LogP contribution is -1.87. The van der Waals surface area contributed by atoms with Crippen LogP contribution in [0.3, 0.4) is 0 Å². The van der Waals surface area contributed by atoms with E-state index < -0.39 is 0 Å². The van der Waals surface area contributed by atoms with E-state index in [2.05, 4.69) is 6.58 Å². The molecule has 0 heterocycles. The molecule has 0 spiro atoms. The fourth-order valence-electron chi connectivity index (χ4n) is 1.83. The van der Waals surface area contributed by atoms with Crippen LogP contribution >= 0.6 is 0 Å². The van der Waals surface area contributed by atoms with Crippen LogP contribution in [0.25, 0.3) is 11.6 Å². The third kappa shape index (κ3) is 3.35. The molecule has 19 heavy (non-hydrogen) atoms. The fraction of sp³-hybridized carbons (Fsp3) is 0.111. The molecule has 0 N–H and O–H groups in total. The van der Waals surface area contributed by atoms with Gasteiger partial charge in [0.25, 0.3) is 0 Å². The van der Waals surface area contributed by atoms with Gasteiger partial charge in [-0.15, -0.1) is 0 Å². The van der Waals surface area contributed by atoms with E-state index in [1.165, 1.54) is 0 Å². The zero-order valence-corrected chi connectivity index (χ0v) is 11.4. The topological polar surface area (TPSA) is 9.23 Å². The second-order valence-corrected chi connectivity index (χ2v) is 4.44. The molecule has 0 radical (unpaired) electrons. The number of hydrogen-bond acceptors (Lipinski definition) is 1. The van der Waals surface area contributed by atoms with E-state index in [1.54, 1.807) is 0 Å². The first-order valence-corrected chi connectivity index (χ1v) is 6.36. The number of allylic oxidation sites excluding steroid dienone is 2. The molecule has 0 aromatic heterocycles. The largest absolute Gasteiger partial charge is 0.457 e. The lowest BCUT2D eigenvalue weighted by atomic mass is 10.1. The van der Waals surface area contributed by atoms with Gasteiger partial charge >= 0.3 is 0 Å². The number of para-hydroxylation sites is 1. The van der Waals surface area contributed by atoms with E-state index in [9.17, 15) is 0 Å². The van der Waals surface area contributed by atoms with Gasteiger partial charge < -0.3 is 4.74 Å². The maximum atomic E-state index is 5.92.